The van der Waals surface area contributed by atoms with Crippen LogP contribution in [0.4, 0.5) is 0 Å². The van der Waals surface area contributed by atoms with Crippen molar-refractivity contribution in [2.24, 2.45) is 5.73 Å². The molecule has 0 unspecified atom stereocenters. The average molecular weight is 235 g/mol. The lowest BCUT2D eigenvalue weighted by Gasteiger charge is -2.41. The molecule has 15 heavy (non-hydrogen) atoms. The molecule has 1 fully saturated rings. The van der Waals surface area contributed by atoms with Gasteiger partial charge in [0.05, 0.1) is 0 Å². The molecule has 0 bridgehead atoms. The molecule has 0 radical (unpaired) electrons. The second-order valence-electron chi connectivity index (χ2n) is 5.30. The SMILES string of the molecule is CC(C)(C)NS(=O)(=O)NC1(CN)CCC1. The molecule has 0 atom stereocenters. The highest BCUT2D eigenvalue weighted by Gasteiger charge is 2.39. The van der Waals surface area contributed by atoms with Crippen LogP contribution in [0.2, 0.25) is 0 Å². The summed E-state index contributed by atoms with van der Waals surface area (Å²) in [5, 5.41) is 0. The van der Waals surface area contributed by atoms with Crippen LogP contribution >= 0.6 is 0 Å². The summed E-state index contributed by atoms with van der Waals surface area (Å²) in [6.07, 6.45) is 2.69. The topological polar surface area (TPSA) is 84.2 Å². The maximum absolute atomic E-state index is 11.7. The highest BCUT2D eigenvalue weighted by molar-refractivity contribution is 7.87. The van der Waals surface area contributed by atoms with Gasteiger partial charge in [-0.05, 0) is 40.0 Å². The molecule has 0 amide bonds. The first-order chi connectivity index (χ1) is 6.68. The fourth-order valence-electron chi connectivity index (χ4n) is 1.67. The molecule has 1 rings (SSSR count). The van der Waals surface area contributed by atoms with Gasteiger partial charge in [-0.25, -0.2) is 0 Å². The predicted octanol–water partition coefficient (Wildman–Crippen LogP) is 0.0903. The minimum atomic E-state index is -3.45. The molecule has 1 aliphatic carbocycles. The van der Waals surface area contributed by atoms with Crippen molar-refractivity contribution in [1.82, 2.24) is 9.44 Å². The van der Waals surface area contributed by atoms with Gasteiger partial charge >= 0.3 is 0 Å². The molecule has 0 aromatic carbocycles. The summed E-state index contributed by atoms with van der Waals surface area (Å²) >= 11 is 0. The van der Waals surface area contributed by atoms with Crippen LogP contribution in [0.3, 0.4) is 0 Å². The van der Waals surface area contributed by atoms with Crippen molar-refractivity contribution in [3.8, 4) is 0 Å². The van der Waals surface area contributed by atoms with Crippen LogP contribution in [-0.4, -0.2) is 26.0 Å². The second kappa shape index (κ2) is 4.01. The Balaban J connectivity index is 2.64. The Labute approximate surface area is 92.0 Å². The predicted molar refractivity (Wildman–Crippen MR) is 60.6 cm³/mol. The van der Waals surface area contributed by atoms with Gasteiger partial charge < -0.3 is 5.73 Å². The summed E-state index contributed by atoms with van der Waals surface area (Å²) in [5.41, 5.74) is 4.71. The van der Waals surface area contributed by atoms with Gasteiger partial charge in [-0.2, -0.15) is 17.9 Å². The van der Waals surface area contributed by atoms with E-state index in [2.05, 4.69) is 9.44 Å². The molecule has 6 heteroatoms. The highest BCUT2D eigenvalue weighted by Crippen LogP contribution is 2.31. The molecule has 0 aromatic heterocycles. The minimum absolute atomic E-state index is 0.359. The lowest BCUT2D eigenvalue weighted by molar-refractivity contribution is 0.228. The van der Waals surface area contributed by atoms with E-state index < -0.39 is 21.3 Å². The molecular weight excluding hydrogens is 214 g/mol. The van der Waals surface area contributed by atoms with Gasteiger partial charge in [0.2, 0.25) is 0 Å². The maximum Gasteiger partial charge on any atom is 0.277 e. The van der Waals surface area contributed by atoms with E-state index >= 15 is 0 Å². The number of nitrogens with two attached hydrogens (primary N) is 1. The molecular formula is C9H21N3O2S. The monoisotopic (exact) mass is 235 g/mol. The summed E-state index contributed by atoms with van der Waals surface area (Å²) < 4.78 is 28.7. The summed E-state index contributed by atoms with van der Waals surface area (Å²) in [6.45, 7) is 5.78. The van der Waals surface area contributed by atoms with Gasteiger partial charge in [0.15, 0.2) is 0 Å². The van der Waals surface area contributed by atoms with Crippen molar-refractivity contribution < 1.29 is 8.42 Å². The van der Waals surface area contributed by atoms with E-state index in [1.54, 1.807) is 0 Å². The third-order valence-electron chi connectivity index (χ3n) is 2.49. The second-order valence-corrected chi connectivity index (χ2v) is 6.71. The van der Waals surface area contributed by atoms with Gasteiger partial charge in [0.25, 0.3) is 10.2 Å². The Morgan fingerprint density at radius 2 is 1.87 bits per heavy atom. The van der Waals surface area contributed by atoms with Crippen LogP contribution < -0.4 is 15.2 Å². The average Bonchev–Trinajstić information content (AvgIpc) is 1.92. The zero-order valence-corrected chi connectivity index (χ0v) is 10.4. The lowest BCUT2D eigenvalue weighted by Crippen LogP contribution is -2.62. The number of rotatable bonds is 4. The number of nitrogens with one attached hydrogen (secondary N) is 2. The van der Waals surface area contributed by atoms with Gasteiger partial charge in [0, 0.05) is 17.6 Å². The molecule has 90 valence electrons. The Hall–Kier alpha value is -0.170. The van der Waals surface area contributed by atoms with Gasteiger partial charge in [0.1, 0.15) is 0 Å². The van der Waals surface area contributed by atoms with Crippen LogP contribution in [0.1, 0.15) is 40.0 Å². The zero-order valence-electron chi connectivity index (χ0n) is 9.63. The first-order valence-electron chi connectivity index (χ1n) is 5.21. The minimum Gasteiger partial charge on any atom is -0.329 e. The molecule has 1 aliphatic rings. The van der Waals surface area contributed by atoms with Gasteiger partial charge in [-0.1, -0.05) is 0 Å². The number of hydrogen-bond acceptors (Lipinski definition) is 3. The Morgan fingerprint density at radius 1 is 1.33 bits per heavy atom. The first kappa shape index (κ1) is 12.9. The van der Waals surface area contributed by atoms with Crippen LogP contribution in [0, 0.1) is 0 Å². The zero-order chi connectivity index (χ0) is 11.7. The standard InChI is InChI=1S/C9H21N3O2S/c1-8(2,3)11-15(13,14)12-9(7-10)5-4-6-9/h11-12H,4-7,10H2,1-3H3. The van der Waals surface area contributed by atoms with Crippen LogP contribution in [-0.2, 0) is 10.2 Å². The van der Waals surface area contributed by atoms with Gasteiger partial charge in [-0.15, -0.1) is 0 Å². The third kappa shape index (κ3) is 3.71. The summed E-state index contributed by atoms with van der Waals surface area (Å²) in [5.74, 6) is 0. The van der Waals surface area contributed by atoms with E-state index in [0.717, 1.165) is 19.3 Å². The van der Waals surface area contributed by atoms with Crippen molar-refractivity contribution >= 4 is 10.2 Å². The van der Waals surface area contributed by atoms with Crippen molar-refractivity contribution in [2.75, 3.05) is 6.54 Å². The highest BCUT2D eigenvalue weighted by atomic mass is 32.2. The summed E-state index contributed by atoms with van der Waals surface area (Å²) in [6, 6.07) is 0. The Bertz CT molecular complexity index is 309. The quantitative estimate of drug-likeness (QED) is 0.645. The van der Waals surface area contributed by atoms with Gasteiger partial charge in [-0.3, -0.25) is 0 Å². The van der Waals surface area contributed by atoms with E-state index in [0.29, 0.717) is 6.54 Å². The molecule has 0 aromatic rings. The van der Waals surface area contributed by atoms with Crippen molar-refractivity contribution in [3.63, 3.8) is 0 Å². The Morgan fingerprint density at radius 3 is 2.13 bits per heavy atom. The maximum atomic E-state index is 11.7. The van der Waals surface area contributed by atoms with Crippen molar-refractivity contribution in [2.45, 2.75) is 51.1 Å². The molecule has 0 spiro atoms. The van der Waals surface area contributed by atoms with E-state index in [4.69, 9.17) is 5.73 Å². The molecule has 4 N–H and O–H groups in total. The van der Waals surface area contributed by atoms with E-state index in [-0.39, 0.29) is 0 Å². The normalized spacial score (nSPS) is 21.1. The molecule has 0 heterocycles. The lowest BCUT2D eigenvalue weighted by atomic mass is 9.78. The third-order valence-corrected chi connectivity index (χ3v) is 4.08. The van der Waals surface area contributed by atoms with Crippen molar-refractivity contribution in [3.05, 3.63) is 0 Å². The van der Waals surface area contributed by atoms with Crippen LogP contribution in [0.5, 0.6) is 0 Å². The van der Waals surface area contributed by atoms with Crippen LogP contribution in [0.25, 0.3) is 0 Å². The molecule has 5 nitrogen and oxygen atoms in total. The number of hydrogen-bond donors (Lipinski definition) is 3. The fraction of sp³-hybridized carbons (Fsp3) is 1.00. The van der Waals surface area contributed by atoms with Crippen molar-refractivity contribution in [1.29, 1.82) is 0 Å². The summed E-state index contributed by atoms with van der Waals surface area (Å²) in [4.78, 5) is 0. The van der Waals surface area contributed by atoms with Crippen LogP contribution in [0.15, 0.2) is 0 Å². The molecule has 0 aliphatic heterocycles. The fourth-order valence-corrected chi connectivity index (χ4v) is 3.38. The van der Waals surface area contributed by atoms with E-state index in [9.17, 15) is 8.42 Å². The summed E-state index contributed by atoms with van der Waals surface area (Å²) in [7, 11) is -3.45. The molecule has 0 saturated heterocycles. The largest absolute Gasteiger partial charge is 0.329 e. The van der Waals surface area contributed by atoms with E-state index in [1.807, 2.05) is 20.8 Å². The Kier molecular flexibility index (Phi) is 3.45. The molecule has 1 saturated carbocycles. The van der Waals surface area contributed by atoms with E-state index in [1.165, 1.54) is 0 Å². The smallest absolute Gasteiger partial charge is 0.277 e. The first-order valence-corrected chi connectivity index (χ1v) is 6.69.